The van der Waals surface area contributed by atoms with Crippen molar-refractivity contribution in [2.75, 3.05) is 0 Å². The number of hydrogen-bond donors (Lipinski definition) is 1. The maximum atomic E-state index is 9.64. The summed E-state index contributed by atoms with van der Waals surface area (Å²) in [5.41, 5.74) is 0. The molecule has 0 fully saturated rings. The van der Waals surface area contributed by atoms with Crippen LogP contribution in [0.5, 0.6) is 0 Å². The Hall–Kier alpha value is -0.550. The van der Waals surface area contributed by atoms with E-state index in [1.165, 1.54) is 0 Å². The lowest BCUT2D eigenvalue weighted by atomic mass is 9.94. The van der Waals surface area contributed by atoms with E-state index in [1.807, 2.05) is 0 Å². The molecule has 0 bridgehead atoms. The van der Waals surface area contributed by atoms with Gasteiger partial charge in [0.05, 0.1) is 18.1 Å². The molecule has 0 aliphatic rings. The van der Waals surface area contributed by atoms with Gasteiger partial charge in [-0.25, -0.2) is 0 Å². The third-order valence-electron chi connectivity index (χ3n) is 2.35. The van der Waals surface area contributed by atoms with Crippen molar-refractivity contribution in [3.05, 3.63) is 0 Å². The summed E-state index contributed by atoms with van der Waals surface area (Å²) < 4.78 is 0. The summed E-state index contributed by atoms with van der Waals surface area (Å²) in [5, 5.41) is 18.5. The molecule has 2 nitrogen and oxygen atoms in total. The Bertz CT molecular complexity index is 151. The lowest BCUT2D eigenvalue weighted by Crippen LogP contribution is -2.18. The van der Waals surface area contributed by atoms with E-state index >= 15 is 0 Å². The van der Waals surface area contributed by atoms with Gasteiger partial charge < -0.3 is 5.11 Å². The standard InChI is InChI=1S/C11H21NO/c1-3-5-7-10(9-12)11(13)8-6-4-2/h10-11,13H,3-8H2,1-2H3/t10-,11+/m0/s1. The zero-order valence-electron chi connectivity index (χ0n) is 8.79. The molecule has 0 aliphatic carbocycles. The van der Waals surface area contributed by atoms with E-state index in [0.29, 0.717) is 0 Å². The summed E-state index contributed by atoms with van der Waals surface area (Å²) in [6.07, 6.45) is 5.46. The molecule has 1 N–H and O–H groups in total. The minimum absolute atomic E-state index is 0.147. The monoisotopic (exact) mass is 183 g/mol. The Labute approximate surface area is 81.6 Å². The Kier molecular flexibility index (Phi) is 7.73. The van der Waals surface area contributed by atoms with Crippen LogP contribution in [-0.4, -0.2) is 11.2 Å². The first-order chi connectivity index (χ1) is 6.26. The topological polar surface area (TPSA) is 44.0 Å². The van der Waals surface area contributed by atoms with Crippen LogP contribution in [0.4, 0.5) is 0 Å². The zero-order chi connectivity index (χ0) is 10.1. The molecule has 0 saturated carbocycles. The maximum Gasteiger partial charge on any atom is 0.0722 e. The molecule has 13 heavy (non-hydrogen) atoms. The smallest absolute Gasteiger partial charge is 0.0722 e. The van der Waals surface area contributed by atoms with E-state index in [9.17, 15) is 5.11 Å². The molecular formula is C11H21NO. The fraction of sp³-hybridized carbons (Fsp3) is 0.909. The summed E-state index contributed by atoms with van der Waals surface area (Å²) in [6, 6.07) is 2.20. The van der Waals surface area contributed by atoms with Gasteiger partial charge in [-0.1, -0.05) is 39.5 Å². The van der Waals surface area contributed by atoms with E-state index < -0.39 is 6.10 Å². The van der Waals surface area contributed by atoms with Crippen LogP contribution in [0.2, 0.25) is 0 Å². The van der Waals surface area contributed by atoms with Crippen LogP contribution in [0.1, 0.15) is 52.4 Å². The molecule has 2 atom stereocenters. The average molecular weight is 183 g/mol. The molecule has 0 amide bonds. The van der Waals surface area contributed by atoms with E-state index in [0.717, 1.165) is 38.5 Å². The number of aliphatic hydroxyl groups is 1. The van der Waals surface area contributed by atoms with Gasteiger partial charge in [-0.3, -0.25) is 0 Å². The fourth-order valence-corrected chi connectivity index (χ4v) is 1.38. The lowest BCUT2D eigenvalue weighted by Gasteiger charge is -2.15. The third-order valence-corrected chi connectivity index (χ3v) is 2.35. The molecule has 0 unspecified atom stereocenters. The second kappa shape index (κ2) is 8.07. The predicted molar refractivity (Wildman–Crippen MR) is 54.2 cm³/mol. The highest BCUT2D eigenvalue weighted by Crippen LogP contribution is 2.16. The number of hydrogen-bond acceptors (Lipinski definition) is 2. The van der Waals surface area contributed by atoms with Crippen LogP contribution in [0, 0.1) is 17.2 Å². The third kappa shape index (κ3) is 5.65. The van der Waals surface area contributed by atoms with Crippen molar-refractivity contribution in [1.82, 2.24) is 0 Å². The number of aliphatic hydroxyl groups excluding tert-OH is 1. The average Bonchev–Trinajstić information content (AvgIpc) is 2.16. The predicted octanol–water partition coefficient (Wildman–Crippen LogP) is 2.87. The summed E-state index contributed by atoms with van der Waals surface area (Å²) >= 11 is 0. The van der Waals surface area contributed by atoms with Crippen molar-refractivity contribution < 1.29 is 5.11 Å². The lowest BCUT2D eigenvalue weighted by molar-refractivity contribution is 0.116. The van der Waals surface area contributed by atoms with Crippen molar-refractivity contribution in [2.45, 2.75) is 58.5 Å². The SMILES string of the molecule is CCCC[C@@H](O)[C@H](C#N)CCCC. The van der Waals surface area contributed by atoms with Crippen LogP contribution < -0.4 is 0 Å². The van der Waals surface area contributed by atoms with Crippen LogP contribution >= 0.6 is 0 Å². The van der Waals surface area contributed by atoms with Crippen molar-refractivity contribution in [1.29, 1.82) is 5.26 Å². The first-order valence-corrected chi connectivity index (χ1v) is 5.33. The summed E-state index contributed by atoms with van der Waals surface area (Å²) in [4.78, 5) is 0. The first kappa shape index (κ1) is 12.4. The van der Waals surface area contributed by atoms with Gasteiger partial charge in [0.2, 0.25) is 0 Å². The van der Waals surface area contributed by atoms with Gasteiger partial charge >= 0.3 is 0 Å². The number of unbranched alkanes of at least 4 members (excludes halogenated alkanes) is 2. The molecule has 2 heteroatoms. The largest absolute Gasteiger partial charge is 0.392 e. The van der Waals surface area contributed by atoms with Crippen LogP contribution in [0.25, 0.3) is 0 Å². The molecule has 0 aromatic heterocycles. The van der Waals surface area contributed by atoms with Gasteiger partial charge in [0, 0.05) is 0 Å². The van der Waals surface area contributed by atoms with Crippen LogP contribution in [0.3, 0.4) is 0 Å². The highest BCUT2D eigenvalue weighted by atomic mass is 16.3. The molecule has 0 spiro atoms. The fourth-order valence-electron chi connectivity index (χ4n) is 1.38. The van der Waals surface area contributed by atoms with Crippen molar-refractivity contribution >= 4 is 0 Å². The number of rotatable bonds is 7. The molecule has 0 saturated heterocycles. The highest BCUT2D eigenvalue weighted by Gasteiger charge is 2.16. The zero-order valence-corrected chi connectivity index (χ0v) is 8.79. The van der Waals surface area contributed by atoms with E-state index in [2.05, 4.69) is 19.9 Å². The Morgan fingerprint density at radius 1 is 1.15 bits per heavy atom. The van der Waals surface area contributed by atoms with Crippen molar-refractivity contribution in [2.24, 2.45) is 5.92 Å². The van der Waals surface area contributed by atoms with Gasteiger partial charge in [-0.15, -0.1) is 0 Å². The maximum absolute atomic E-state index is 9.64. The molecule has 0 rings (SSSR count). The van der Waals surface area contributed by atoms with Gasteiger partial charge in [-0.2, -0.15) is 5.26 Å². The second-order valence-electron chi connectivity index (χ2n) is 3.59. The van der Waals surface area contributed by atoms with Gasteiger partial charge in [-0.05, 0) is 12.8 Å². The molecule has 76 valence electrons. The molecule has 0 aromatic carbocycles. The van der Waals surface area contributed by atoms with Crippen molar-refractivity contribution in [3.63, 3.8) is 0 Å². The minimum Gasteiger partial charge on any atom is -0.392 e. The summed E-state index contributed by atoms with van der Waals surface area (Å²) in [6.45, 7) is 4.20. The van der Waals surface area contributed by atoms with Gasteiger partial charge in [0.1, 0.15) is 0 Å². The Balaban J connectivity index is 3.72. The second-order valence-corrected chi connectivity index (χ2v) is 3.59. The highest BCUT2D eigenvalue weighted by molar-refractivity contribution is 4.87. The normalized spacial score (nSPS) is 14.9. The molecule has 0 aromatic rings. The molecule has 0 heterocycles. The van der Waals surface area contributed by atoms with E-state index in [1.54, 1.807) is 0 Å². The molecule has 0 aliphatic heterocycles. The van der Waals surface area contributed by atoms with E-state index in [4.69, 9.17) is 5.26 Å². The van der Waals surface area contributed by atoms with E-state index in [-0.39, 0.29) is 5.92 Å². The number of nitrogens with zero attached hydrogens (tertiary/aromatic N) is 1. The van der Waals surface area contributed by atoms with Crippen molar-refractivity contribution in [3.8, 4) is 6.07 Å². The molecule has 0 radical (unpaired) electrons. The minimum atomic E-state index is -0.406. The summed E-state index contributed by atoms with van der Waals surface area (Å²) in [7, 11) is 0. The van der Waals surface area contributed by atoms with Crippen LogP contribution in [-0.2, 0) is 0 Å². The quantitative estimate of drug-likeness (QED) is 0.659. The Morgan fingerprint density at radius 3 is 2.15 bits per heavy atom. The van der Waals surface area contributed by atoms with Gasteiger partial charge in [0.15, 0.2) is 0 Å². The summed E-state index contributed by atoms with van der Waals surface area (Å²) in [5.74, 6) is -0.147. The molecular weight excluding hydrogens is 162 g/mol. The van der Waals surface area contributed by atoms with Gasteiger partial charge in [0.25, 0.3) is 0 Å². The first-order valence-electron chi connectivity index (χ1n) is 5.33. The number of nitriles is 1. The Morgan fingerprint density at radius 2 is 1.69 bits per heavy atom. The van der Waals surface area contributed by atoms with Crippen LogP contribution in [0.15, 0.2) is 0 Å².